The first-order chi connectivity index (χ1) is 7.54. The average molecular weight is 222 g/mol. The summed E-state index contributed by atoms with van der Waals surface area (Å²) in [7, 11) is 0. The van der Waals surface area contributed by atoms with Gasteiger partial charge in [0.15, 0.2) is 0 Å². The molecule has 0 fully saturated rings. The molecule has 1 aromatic carbocycles. The number of quaternary nitrogens is 1. The van der Waals surface area contributed by atoms with Crippen LogP contribution in [0.5, 0.6) is 0 Å². The van der Waals surface area contributed by atoms with Crippen molar-refractivity contribution in [2.75, 3.05) is 6.61 Å². The number of aryl methyl sites for hydroxylation is 2. The van der Waals surface area contributed by atoms with Crippen molar-refractivity contribution >= 4 is 5.97 Å². The van der Waals surface area contributed by atoms with Crippen LogP contribution in [0.15, 0.2) is 18.2 Å². The topological polar surface area (TPSA) is 53.9 Å². The number of carbonyl (C=O) groups excluding carboxylic acids is 1. The smallest absolute Gasteiger partial charge is 0.312 e. The van der Waals surface area contributed by atoms with E-state index in [1.54, 1.807) is 0 Å². The number of rotatable bonds is 4. The van der Waals surface area contributed by atoms with Gasteiger partial charge in [0.05, 0.1) is 6.61 Å². The zero-order chi connectivity index (χ0) is 12.1. The Labute approximate surface area is 96.6 Å². The van der Waals surface area contributed by atoms with Gasteiger partial charge in [0.25, 0.3) is 0 Å². The van der Waals surface area contributed by atoms with Crippen molar-refractivity contribution in [3.05, 3.63) is 34.9 Å². The van der Waals surface area contributed by atoms with Crippen LogP contribution in [0.25, 0.3) is 0 Å². The van der Waals surface area contributed by atoms with Crippen molar-refractivity contribution in [2.45, 2.75) is 33.2 Å². The van der Waals surface area contributed by atoms with Crippen molar-refractivity contribution < 1.29 is 15.3 Å². The van der Waals surface area contributed by atoms with Gasteiger partial charge in [0.1, 0.15) is 12.5 Å². The standard InChI is InChI=1S/C13H19NO2/c1-4-16-13(15)8-12(14)11-7-9(2)5-6-10(11)3/h5-7,12H,4,8,14H2,1-3H3/p+1/t12-/m0/s1. The fourth-order valence-corrected chi connectivity index (χ4v) is 1.73. The van der Waals surface area contributed by atoms with E-state index in [-0.39, 0.29) is 12.0 Å². The third kappa shape index (κ3) is 3.35. The van der Waals surface area contributed by atoms with Gasteiger partial charge in [-0.2, -0.15) is 0 Å². The highest BCUT2D eigenvalue weighted by molar-refractivity contribution is 5.70. The molecule has 0 unspecified atom stereocenters. The van der Waals surface area contributed by atoms with Gasteiger partial charge < -0.3 is 10.5 Å². The third-order valence-electron chi connectivity index (χ3n) is 2.59. The van der Waals surface area contributed by atoms with Crippen LogP contribution < -0.4 is 5.73 Å². The molecule has 0 aliphatic rings. The van der Waals surface area contributed by atoms with Crippen LogP contribution in [0, 0.1) is 13.8 Å². The van der Waals surface area contributed by atoms with Gasteiger partial charge in [-0.3, -0.25) is 4.79 Å². The summed E-state index contributed by atoms with van der Waals surface area (Å²) in [6, 6.07) is 6.19. The molecule has 16 heavy (non-hydrogen) atoms. The molecule has 0 spiro atoms. The molecular formula is C13H20NO2+. The zero-order valence-electron chi connectivity index (χ0n) is 10.2. The normalized spacial score (nSPS) is 12.2. The Balaban J connectivity index is 2.76. The van der Waals surface area contributed by atoms with Crippen LogP contribution in [-0.2, 0) is 9.53 Å². The maximum Gasteiger partial charge on any atom is 0.312 e. The molecule has 0 saturated heterocycles. The van der Waals surface area contributed by atoms with Crippen molar-refractivity contribution in [2.24, 2.45) is 0 Å². The Kier molecular flexibility index (Phi) is 4.50. The maximum absolute atomic E-state index is 11.4. The summed E-state index contributed by atoms with van der Waals surface area (Å²) >= 11 is 0. The third-order valence-corrected chi connectivity index (χ3v) is 2.59. The first-order valence-corrected chi connectivity index (χ1v) is 5.60. The second kappa shape index (κ2) is 5.66. The van der Waals surface area contributed by atoms with Crippen molar-refractivity contribution in [3.8, 4) is 0 Å². The fourth-order valence-electron chi connectivity index (χ4n) is 1.73. The lowest BCUT2D eigenvalue weighted by atomic mass is 9.97. The van der Waals surface area contributed by atoms with Gasteiger partial charge in [0, 0.05) is 5.56 Å². The van der Waals surface area contributed by atoms with E-state index in [0.29, 0.717) is 13.0 Å². The molecule has 0 aromatic heterocycles. The molecular weight excluding hydrogens is 202 g/mol. The summed E-state index contributed by atoms with van der Waals surface area (Å²) in [6.45, 7) is 6.32. The number of ether oxygens (including phenoxy) is 1. The lowest BCUT2D eigenvalue weighted by Gasteiger charge is -2.12. The lowest BCUT2D eigenvalue weighted by Crippen LogP contribution is -2.54. The Bertz CT molecular complexity index is 374. The minimum Gasteiger partial charge on any atom is -0.466 e. The molecule has 1 atom stereocenters. The number of hydrogen-bond acceptors (Lipinski definition) is 2. The Morgan fingerprint density at radius 1 is 1.44 bits per heavy atom. The highest BCUT2D eigenvalue weighted by Crippen LogP contribution is 2.18. The molecule has 1 aromatic rings. The monoisotopic (exact) mass is 222 g/mol. The van der Waals surface area contributed by atoms with E-state index in [4.69, 9.17) is 4.74 Å². The maximum atomic E-state index is 11.4. The summed E-state index contributed by atoms with van der Waals surface area (Å²) in [5.41, 5.74) is 7.53. The predicted molar refractivity (Wildman–Crippen MR) is 62.8 cm³/mol. The summed E-state index contributed by atoms with van der Waals surface area (Å²) in [5, 5.41) is 0. The molecule has 3 nitrogen and oxygen atoms in total. The van der Waals surface area contributed by atoms with Crippen LogP contribution in [0.4, 0.5) is 0 Å². The SMILES string of the molecule is CCOC(=O)C[C@H]([NH3+])c1cc(C)ccc1C. The summed E-state index contributed by atoms with van der Waals surface area (Å²) < 4.78 is 4.93. The second-order valence-corrected chi connectivity index (χ2v) is 4.07. The van der Waals surface area contributed by atoms with Gasteiger partial charge in [0.2, 0.25) is 0 Å². The van der Waals surface area contributed by atoms with Crippen LogP contribution in [0.1, 0.15) is 36.1 Å². The molecule has 0 bridgehead atoms. The molecule has 0 amide bonds. The van der Waals surface area contributed by atoms with E-state index < -0.39 is 0 Å². The molecule has 0 heterocycles. The average Bonchev–Trinajstić information content (AvgIpc) is 2.21. The van der Waals surface area contributed by atoms with Gasteiger partial charge in [-0.1, -0.05) is 17.7 Å². The van der Waals surface area contributed by atoms with E-state index in [1.807, 2.05) is 20.8 Å². The van der Waals surface area contributed by atoms with Crippen LogP contribution in [0.2, 0.25) is 0 Å². The van der Waals surface area contributed by atoms with E-state index in [1.165, 1.54) is 11.1 Å². The Morgan fingerprint density at radius 3 is 2.75 bits per heavy atom. The molecule has 3 N–H and O–H groups in total. The molecule has 3 heteroatoms. The highest BCUT2D eigenvalue weighted by Gasteiger charge is 2.17. The molecule has 0 radical (unpaired) electrons. The van der Waals surface area contributed by atoms with Gasteiger partial charge in [-0.25, -0.2) is 0 Å². The van der Waals surface area contributed by atoms with Gasteiger partial charge in [-0.05, 0) is 32.4 Å². The minimum atomic E-state index is -0.177. The minimum absolute atomic E-state index is 0.0288. The largest absolute Gasteiger partial charge is 0.466 e. The first-order valence-electron chi connectivity index (χ1n) is 5.60. The number of carbonyl (C=O) groups is 1. The lowest BCUT2D eigenvalue weighted by molar-refractivity contribution is -0.426. The summed E-state index contributed by atoms with van der Waals surface area (Å²) in [6.07, 6.45) is 0.345. The molecule has 88 valence electrons. The highest BCUT2D eigenvalue weighted by atomic mass is 16.5. The van der Waals surface area contributed by atoms with Crippen LogP contribution in [-0.4, -0.2) is 12.6 Å². The van der Waals surface area contributed by atoms with E-state index in [9.17, 15) is 4.79 Å². The molecule has 0 aliphatic carbocycles. The van der Waals surface area contributed by atoms with E-state index in [0.717, 1.165) is 5.56 Å². The first kappa shape index (κ1) is 12.7. The fraction of sp³-hybridized carbons (Fsp3) is 0.462. The zero-order valence-corrected chi connectivity index (χ0v) is 10.2. The number of esters is 1. The quantitative estimate of drug-likeness (QED) is 0.786. The molecule has 1 rings (SSSR count). The number of benzene rings is 1. The van der Waals surface area contributed by atoms with Crippen molar-refractivity contribution in [1.82, 2.24) is 0 Å². The summed E-state index contributed by atoms with van der Waals surface area (Å²) in [4.78, 5) is 11.4. The molecule has 0 aliphatic heterocycles. The Hall–Kier alpha value is -1.35. The van der Waals surface area contributed by atoms with E-state index in [2.05, 4.69) is 23.9 Å². The summed E-state index contributed by atoms with van der Waals surface area (Å²) in [5.74, 6) is -0.177. The van der Waals surface area contributed by atoms with Crippen LogP contribution in [0.3, 0.4) is 0 Å². The van der Waals surface area contributed by atoms with Crippen LogP contribution >= 0.6 is 0 Å². The second-order valence-electron chi connectivity index (χ2n) is 4.07. The van der Waals surface area contributed by atoms with Crippen molar-refractivity contribution in [1.29, 1.82) is 0 Å². The van der Waals surface area contributed by atoms with Gasteiger partial charge >= 0.3 is 5.97 Å². The van der Waals surface area contributed by atoms with Crippen molar-refractivity contribution in [3.63, 3.8) is 0 Å². The molecule has 0 saturated carbocycles. The van der Waals surface area contributed by atoms with E-state index >= 15 is 0 Å². The van der Waals surface area contributed by atoms with Gasteiger partial charge in [-0.15, -0.1) is 0 Å². The number of hydrogen-bond donors (Lipinski definition) is 1. The Morgan fingerprint density at radius 2 is 2.12 bits per heavy atom. The predicted octanol–water partition coefficient (Wildman–Crippen LogP) is 1.54.